The second-order valence-electron chi connectivity index (χ2n) is 6.17. The van der Waals surface area contributed by atoms with Gasteiger partial charge >= 0.3 is 0 Å². The molecule has 0 aromatic heterocycles. The van der Waals surface area contributed by atoms with Crippen LogP contribution < -0.4 is 10.2 Å². The molecule has 1 heterocycles. The van der Waals surface area contributed by atoms with E-state index in [4.69, 9.17) is 11.0 Å². The maximum atomic E-state index is 8.68. The molecular formula is C22H34N3O2Y-. The zero-order valence-corrected chi connectivity index (χ0v) is 20.2. The van der Waals surface area contributed by atoms with Crippen molar-refractivity contribution < 1.29 is 42.9 Å². The predicted octanol–water partition coefficient (Wildman–Crippen LogP) is 4.95. The first-order chi connectivity index (χ1) is 13.2. The van der Waals surface area contributed by atoms with Crippen LogP contribution in [0.3, 0.4) is 0 Å². The first kappa shape index (κ1) is 27.2. The molecule has 3 rings (SSSR count). The number of benzene rings is 2. The van der Waals surface area contributed by atoms with Gasteiger partial charge in [0, 0.05) is 51.4 Å². The summed E-state index contributed by atoms with van der Waals surface area (Å²) >= 11 is 0. The topological polar surface area (TPSA) is 68.5 Å². The number of hydrogen-bond donors (Lipinski definition) is 2. The zero-order valence-electron chi connectivity index (χ0n) is 17.4. The van der Waals surface area contributed by atoms with E-state index in [2.05, 4.69) is 15.1 Å². The van der Waals surface area contributed by atoms with E-state index in [-0.39, 0.29) is 38.8 Å². The molecule has 3 N–H and O–H groups in total. The monoisotopic (exact) mass is 461 g/mol. The average Bonchev–Trinajstić information content (AvgIpc) is 2.76. The molecule has 0 unspecified atom stereocenters. The normalized spacial score (nSPS) is 13.9. The average molecular weight is 461 g/mol. The van der Waals surface area contributed by atoms with E-state index in [0.717, 1.165) is 50.1 Å². The minimum atomic E-state index is 0. The first-order valence-electron chi connectivity index (χ1n) is 9.78. The van der Waals surface area contributed by atoms with Gasteiger partial charge in [0.1, 0.15) is 0 Å². The Morgan fingerprint density at radius 1 is 1.04 bits per heavy atom. The molecule has 1 radical (unpaired) electrons. The number of nitrogens with one attached hydrogen (secondary N) is 2. The number of likely N-dealkylation sites (N-methyl/N-ethyl adjacent to an activating group) is 1. The van der Waals surface area contributed by atoms with Crippen LogP contribution in [0.5, 0.6) is 5.75 Å². The van der Waals surface area contributed by atoms with Crippen LogP contribution >= 0.6 is 0 Å². The van der Waals surface area contributed by atoms with Crippen molar-refractivity contribution in [3.8, 4) is 16.9 Å². The molecule has 1 aliphatic rings. The molecule has 0 aliphatic carbocycles. The number of hydrogen-bond acceptors (Lipinski definition) is 4. The fraction of sp³-hybridized carbons (Fsp3) is 0.455. The molecule has 0 amide bonds. The van der Waals surface area contributed by atoms with Gasteiger partial charge in [0.2, 0.25) is 0 Å². The summed E-state index contributed by atoms with van der Waals surface area (Å²) in [5, 5.41) is 11.8. The molecule has 2 aromatic rings. The van der Waals surface area contributed by atoms with Gasteiger partial charge in [-0.15, -0.1) is 6.04 Å². The van der Waals surface area contributed by atoms with Crippen molar-refractivity contribution >= 4 is 0 Å². The number of rotatable bonds is 5. The molecule has 0 spiro atoms. The molecule has 2 aromatic carbocycles. The molecule has 0 bridgehead atoms. The number of piperidine rings is 1. The second-order valence-corrected chi connectivity index (χ2v) is 6.17. The third-order valence-electron chi connectivity index (χ3n) is 4.34. The van der Waals surface area contributed by atoms with Crippen molar-refractivity contribution in [2.45, 2.75) is 32.7 Å². The van der Waals surface area contributed by atoms with Crippen LogP contribution in [0.1, 0.15) is 26.7 Å². The molecule has 28 heavy (non-hydrogen) atoms. The molecule has 5 nitrogen and oxygen atoms in total. The van der Waals surface area contributed by atoms with E-state index in [9.17, 15) is 0 Å². The van der Waals surface area contributed by atoms with Crippen molar-refractivity contribution in [1.29, 1.82) is 0 Å². The largest absolute Gasteiger partial charge is 0.675 e. The van der Waals surface area contributed by atoms with E-state index in [1.807, 2.05) is 69.4 Å². The van der Waals surface area contributed by atoms with Crippen LogP contribution in [0.15, 0.2) is 54.6 Å². The summed E-state index contributed by atoms with van der Waals surface area (Å²) in [6.45, 7) is 8.46. The van der Waals surface area contributed by atoms with E-state index >= 15 is 0 Å². The number of para-hydroxylation sites is 1. The molecule has 0 atom stereocenters. The molecule has 0 saturated carbocycles. The van der Waals surface area contributed by atoms with Crippen LogP contribution in [-0.2, 0) is 32.7 Å². The molecule has 6 heteroatoms. The Balaban J connectivity index is 0.000000474. The number of likely N-dealkylation sites (tertiary alicyclic amines) is 1. The third-order valence-corrected chi connectivity index (χ3v) is 4.34. The maximum Gasteiger partial charge on any atom is 0.172 e. The Hall–Kier alpha value is -0.816. The Bertz CT molecular complexity index is 603. The Morgan fingerprint density at radius 2 is 1.61 bits per heavy atom. The molecule has 153 valence electrons. The van der Waals surface area contributed by atoms with Crippen molar-refractivity contribution in [2.24, 2.45) is 0 Å². The van der Waals surface area contributed by atoms with Gasteiger partial charge < -0.3 is 20.8 Å². The SMILES string of the molecule is CC.CNCCN1CCC([NH-])CC1.OOc1ccccc1-c1ccccc1.[Y]. The fourth-order valence-electron chi connectivity index (χ4n) is 2.83. The van der Waals surface area contributed by atoms with Crippen LogP contribution in [0.2, 0.25) is 0 Å². The van der Waals surface area contributed by atoms with Crippen molar-refractivity contribution in [3.63, 3.8) is 0 Å². The maximum absolute atomic E-state index is 8.68. The van der Waals surface area contributed by atoms with E-state index < -0.39 is 0 Å². The summed E-state index contributed by atoms with van der Waals surface area (Å²) in [5.74, 6) is 0.471. The summed E-state index contributed by atoms with van der Waals surface area (Å²) in [5.41, 5.74) is 9.41. The minimum absolute atomic E-state index is 0. The van der Waals surface area contributed by atoms with Gasteiger partial charge in [-0.1, -0.05) is 75.2 Å². The summed E-state index contributed by atoms with van der Waals surface area (Å²) in [6.07, 6.45) is 2.12. The van der Waals surface area contributed by atoms with Gasteiger partial charge in [-0.2, -0.15) is 0 Å². The third kappa shape index (κ3) is 10.1. The van der Waals surface area contributed by atoms with Crippen LogP contribution in [0.25, 0.3) is 16.9 Å². The van der Waals surface area contributed by atoms with Crippen molar-refractivity contribution in [3.05, 3.63) is 60.3 Å². The van der Waals surface area contributed by atoms with Gasteiger partial charge in [0.15, 0.2) is 5.75 Å². The molecule has 1 aliphatic heterocycles. The number of nitrogens with zero attached hydrogens (tertiary/aromatic N) is 1. The van der Waals surface area contributed by atoms with Crippen LogP contribution in [0, 0.1) is 0 Å². The van der Waals surface area contributed by atoms with Gasteiger partial charge in [0.05, 0.1) is 0 Å². The Kier molecular flexibility index (Phi) is 16.6. The standard InChI is InChI=1S/C12H10O2.C8H18N3.C2H6.Y/c13-14-12-9-5-4-8-11(12)10-6-2-1-3-7-10;1-10-4-7-11-5-2-8(9)3-6-11;1-2;/h1-9,13H;8-10H,2-7H2,1H3;1-2H3;/q;-1;;. The fourth-order valence-corrected chi connectivity index (χ4v) is 2.83. The summed E-state index contributed by atoms with van der Waals surface area (Å²) in [6, 6.07) is 17.3. The molecular weight excluding hydrogens is 427 g/mol. The summed E-state index contributed by atoms with van der Waals surface area (Å²) in [7, 11) is 1.98. The van der Waals surface area contributed by atoms with Crippen molar-refractivity contribution in [1.82, 2.24) is 10.2 Å². The van der Waals surface area contributed by atoms with Crippen LogP contribution in [-0.4, -0.2) is 49.4 Å². The zero-order chi connectivity index (χ0) is 19.9. The van der Waals surface area contributed by atoms with Gasteiger partial charge in [-0.05, 0) is 31.8 Å². The van der Waals surface area contributed by atoms with E-state index in [1.165, 1.54) is 0 Å². The Labute approximate surface area is 195 Å². The van der Waals surface area contributed by atoms with Crippen LogP contribution in [0.4, 0.5) is 0 Å². The summed E-state index contributed by atoms with van der Waals surface area (Å²) in [4.78, 5) is 6.73. The quantitative estimate of drug-likeness (QED) is 0.488. The van der Waals surface area contributed by atoms with Crippen molar-refractivity contribution in [2.75, 3.05) is 33.2 Å². The minimum Gasteiger partial charge on any atom is -0.675 e. The predicted molar refractivity (Wildman–Crippen MR) is 114 cm³/mol. The molecule has 1 saturated heterocycles. The van der Waals surface area contributed by atoms with Gasteiger partial charge in [0.25, 0.3) is 0 Å². The van der Waals surface area contributed by atoms with Gasteiger partial charge in [-0.3, -0.25) is 0 Å². The summed E-state index contributed by atoms with van der Waals surface area (Å²) < 4.78 is 0. The second kappa shape index (κ2) is 17.1. The van der Waals surface area contributed by atoms with Gasteiger partial charge in [-0.25, -0.2) is 5.26 Å². The smallest absolute Gasteiger partial charge is 0.172 e. The van der Waals surface area contributed by atoms with E-state index in [1.54, 1.807) is 6.07 Å². The molecule has 1 fully saturated rings. The Morgan fingerprint density at radius 3 is 2.18 bits per heavy atom. The first-order valence-corrected chi connectivity index (χ1v) is 9.78. The van der Waals surface area contributed by atoms with E-state index in [0.29, 0.717) is 5.75 Å².